The molecule has 0 rings (SSSR count). The van der Waals surface area contributed by atoms with Crippen molar-refractivity contribution >= 4 is 11.9 Å². The van der Waals surface area contributed by atoms with E-state index in [0.717, 1.165) is 38.5 Å². The van der Waals surface area contributed by atoms with Crippen molar-refractivity contribution in [3.8, 4) is 0 Å². The van der Waals surface area contributed by atoms with Crippen LogP contribution in [0.3, 0.4) is 0 Å². The van der Waals surface area contributed by atoms with E-state index in [-0.39, 0.29) is 18.5 Å². The summed E-state index contributed by atoms with van der Waals surface area (Å²) in [7, 11) is 0. The zero-order valence-electron chi connectivity index (χ0n) is 43.5. The van der Waals surface area contributed by atoms with Crippen LogP contribution in [0, 0.1) is 0 Å². The number of ether oxygens (including phenoxy) is 1. The average molecular weight is 907 g/mol. The molecule has 0 aliphatic heterocycles. The normalized spacial score (nSPS) is 12.5. The third kappa shape index (κ3) is 50.3. The molecule has 0 aliphatic rings. The lowest BCUT2D eigenvalue weighted by atomic mass is 10.0. The first-order valence-electron chi connectivity index (χ1n) is 29.3. The van der Waals surface area contributed by atoms with Crippen molar-refractivity contribution < 1.29 is 24.5 Å². The number of unbranched alkanes of at least 4 members (excludes halogenated alkanes) is 44. The molecule has 64 heavy (non-hydrogen) atoms. The Morgan fingerprint density at radius 3 is 0.953 bits per heavy atom. The Morgan fingerprint density at radius 1 is 0.375 bits per heavy atom. The first-order valence-corrected chi connectivity index (χ1v) is 29.3. The second-order valence-electron chi connectivity index (χ2n) is 20.3. The molecule has 0 radical (unpaired) electrons. The molecule has 0 saturated heterocycles. The Morgan fingerprint density at radius 2 is 0.641 bits per heavy atom. The molecule has 2 unspecified atom stereocenters. The molecule has 0 aromatic rings. The van der Waals surface area contributed by atoms with Gasteiger partial charge in [0.25, 0.3) is 0 Å². The van der Waals surface area contributed by atoms with Crippen LogP contribution >= 0.6 is 0 Å². The number of rotatable bonds is 55. The summed E-state index contributed by atoms with van der Waals surface area (Å²) >= 11 is 0. The molecule has 0 aromatic heterocycles. The van der Waals surface area contributed by atoms with Crippen LogP contribution in [0.1, 0.15) is 335 Å². The van der Waals surface area contributed by atoms with Crippen LogP contribution in [-0.2, 0) is 14.3 Å². The van der Waals surface area contributed by atoms with E-state index in [1.54, 1.807) is 0 Å². The quantitative estimate of drug-likeness (QED) is 0.0417. The molecule has 0 fully saturated rings. The molecule has 2 atom stereocenters. The van der Waals surface area contributed by atoms with Gasteiger partial charge in [0.15, 0.2) is 0 Å². The average Bonchev–Trinajstić information content (AvgIpc) is 3.29. The summed E-state index contributed by atoms with van der Waals surface area (Å²) in [6, 6.07) is -0.540. The van der Waals surface area contributed by atoms with Crippen LogP contribution in [0.4, 0.5) is 0 Å². The summed E-state index contributed by atoms with van der Waals surface area (Å²) in [4.78, 5) is 24.5. The summed E-state index contributed by atoms with van der Waals surface area (Å²) in [6.45, 7) is 4.97. The fourth-order valence-corrected chi connectivity index (χ4v) is 9.41. The maximum absolute atomic E-state index is 12.5. The van der Waals surface area contributed by atoms with Crippen LogP contribution in [0.15, 0.2) is 0 Å². The molecule has 0 bridgehead atoms. The second kappa shape index (κ2) is 54.5. The lowest BCUT2D eigenvalue weighted by molar-refractivity contribution is -0.143. The summed E-state index contributed by atoms with van der Waals surface area (Å²) in [5, 5.41) is 23.3. The largest absolute Gasteiger partial charge is 0.466 e. The number of carbonyl (C=O) groups excluding carboxylic acids is 2. The number of esters is 1. The van der Waals surface area contributed by atoms with Crippen LogP contribution in [-0.4, -0.2) is 47.4 Å². The van der Waals surface area contributed by atoms with Gasteiger partial charge in [-0.25, -0.2) is 0 Å². The molecular formula is C58H115NO5. The third-order valence-electron chi connectivity index (χ3n) is 13.9. The molecule has 6 nitrogen and oxygen atoms in total. The molecular weight excluding hydrogens is 791 g/mol. The number of aliphatic hydroxyl groups excluding tert-OH is 2. The minimum absolute atomic E-state index is 0.0125. The highest BCUT2D eigenvalue weighted by molar-refractivity contribution is 5.76. The molecule has 0 heterocycles. The lowest BCUT2D eigenvalue weighted by Gasteiger charge is -2.22. The zero-order chi connectivity index (χ0) is 46.5. The Balaban J connectivity index is 3.37. The Labute approximate surface area is 400 Å². The first kappa shape index (κ1) is 62.9. The Bertz CT molecular complexity index is 913. The van der Waals surface area contributed by atoms with Gasteiger partial charge in [-0.1, -0.05) is 296 Å². The third-order valence-corrected chi connectivity index (χ3v) is 13.9. The van der Waals surface area contributed by atoms with E-state index in [4.69, 9.17) is 4.74 Å². The molecule has 0 spiro atoms. The van der Waals surface area contributed by atoms with Gasteiger partial charge < -0.3 is 20.3 Å². The van der Waals surface area contributed by atoms with Crippen molar-refractivity contribution in [2.45, 2.75) is 347 Å². The second-order valence-corrected chi connectivity index (χ2v) is 20.3. The standard InChI is InChI=1S/C58H115NO5/c1-3-5-7-9-11-13-15-16-24-27-31-34-38-42-46-50-56(61)55(54-60)59-57(62)51-47-43-39-35-32-28-25-22-20-18-17-19-21-23-26-29-33-37-41-45-49-53-64-58(63)52-48-44-40-36-30-14-12-10-8-6-4-2/h55-56,60-61H,3-54H2,1-2H3,(H,59,62). The smallest absolute Gasteiger partial charge is 0.305 e. The highest BCUT2D eigenvalue weighted by Gasteiger charge is 2.20. The number of nitrogens with one attached hydrogen (secondary N) is 1. The molecule has 3 N–H and O–H groups in total. The van der Waals surface area contributed by atoms with Gasteiger partial charge in [0.2, 0.25) is 5.91 Å². The highest BCUT2D eigenvalue weighted by atomic mass is 16.5. The van der Waals surface area contributed by atoms with Crippen molar-refractivity contribution in [3.63, 3.8) is 0 Å². The van der Waals surface area contributed by atoms with Crippen molar-refractivity contribution in [2.24, 2.45) is 0 Å². The highest BCUT2D eigenvalue weighted by Crippen LogP contribution is 2.18. The Hall–Kier alpha value is -1.14. The number of carbonyl (C=O) groups is 2. The maximum Gasteiger partial charge on any atom is 0.305 e. The summed E-state index contributed by atoms with van der Waals surface area (Å²) in [5.74, 6) is -0.0207. The van der Waals surface area contributed by atoms with Crippen LogP contribution in [0.5, 0.6) is 0 Å². The predicted octanol–water partition coefficient (Wildman–Crippen LogP) is 17.9. The van der Waals surface area contributed by atoms with Gasteiger partial charge in [0.05, 0.1) is 25.4 Å². The fraction of sp³-hybridized carbons (Fsp3) is 0.966. The molecule has 0 aliphatic carbocycles. The molecule has 0 saturated carbocycles. The maximum atomic E-state index is 12.5. The van der Waals surface area contributed by atoms with Crippen LogP contribution in [0.25, 0.3) is 0 Å². The van der Waals surface area contributed by atoms with Crippen molar-refractivity contribution in [2.75, 3.05) is 13.2 Å². The van der Waals surface area contributed by atoms with E-state index >= 15 is 0 Å². The van der Waals surface area contributed by atoms with Gasteiger partial charge in [-0.05, 0) is 25.7 Å². The van der Waals surface area contributed by atoms with E-state index in [1.165, 1.54) is 263 Å². The minimum atomic E-state index is -0.663. The van der Waals surface area contributed by atoms with Crippen LogP contribution < -0.4 is 5.32 Å². The monoisotopic (exact) mass is 906 g/mol. The first-order chi connectivity index (χ1) is 31.5. The lowest BCUT2D eigenvalue weighted by Crippen LogP contribution is -2.45. The topological polar surface area (TPSA) is 95.9 Å². The SMILES string of the molecule is CCCCCCCCCCCCCCCCCC(O)C(CO)NC(=O)CCCCCCCCCCCCCCCCCCCCCCCOC(=O)CCCCCCCCCCCCC. The minimum Gasteiger partial charge on any atom is -0.466 e. The van der Waals surface area contributed by atoms with Gasteiger partial charge in [-0.2, -0.15) is 0 Å². The van der Waals surface area contributed by atoms with E-state index in [9.17, 15) is 19.8 Å². The molecule has 382 valence electrons. The number of aliphatic hydroxyl groups is 2. The zero-order valence-corrected chi connectivity index (χ0v) is 43.5. The van der Waals surface area contributed by atoms with Crippen molar-refractivity contribution in [1.82, 2.24) is 5.32 Å². The van der Waals surface area contributed by atoms with Gasteiger partial charge in [-0.15, -0.1) is 0 Å². The summed E-state index contributed by atoms with van der Waals surface area (Å²) < 4.78 is 5.46. The molecule has 0 aromatic carbocycles. The van der Waals surface area contributed by atoms with Crippen molar-refractivity contribution in [1.29, 1.82) is 0 Å². The Kier molecular flexibility index (Phi) is 53.5. The van der Waals surface area contributed by atoms with E-state index in [0.29, 0.717) is 25.9 Å². The predicted molar refractivity (Wildman–Crippen MR) is 278 cm³/mol. The van der Waals surface area contributed by atoms with Gasteiger partial charge in [-0.3, -0.25) is 9.59 Å². The number of hydrogen-bond donors (Lipinski definition) is 3. The number of hydrogen-bond acceptors (Lipinski definition) is 5. The fourth-order valence-electron chi connectivity index (χ4n) is 9.41. The van der Waals surface area contributed by atoms with E-state index in [1.807, 2.05) is 0 Å². The van der Waals surface area contributed by atoms with E-state index < -0.39 is 12.1 Å². The van der Waals surface area contributed by atoms with Gasteiger partial charge in [0, 0.05) is 12.8 Å². The van der Waals surface area contributed by atoms with Gasteiger partial charge in [0.1, 0.15) is 0 Å². The van der Waals surface area contributed by atoms with Crippen LogP contribution in [0.2, 0.25) is 0 Å². The van der Waals surface area contributed by atoms with Crippen molar-refractivity contribution in [3.05, 3.63) is 0 Å². The molecule has 1 amide bonds. The molecule has 6 heteroatoms. The summed E-state index contributed by atoms with van der Waals surface area (Å²) in [6.07, 6.45) is 62.4. The van der Waals surface area contributed by atoms with E-state index in [2.05, 4.69) is 19.2 Å². The van der Waals surface area contributed by atoms with Gasteiger partial charge >= 0.3 is 5.97 Å². The summed E-state index contributed by atoms with van der Waals surface area (Å²) in [5.41, 5.74) is 0. The number of amides is 1.